The molecule has 1 saturated heterocycles. The molecule has 2 unspecified atom stereocenters. The number of rotatable bonds is 6. The van der Waals surface area contributed by atoms with Gasteiger partial charge < -0.3 is 15.0 Å². The zero-order chi connectivity index (χ0) is 18.4. The quantitative estimate of drug-likeness (QED) is 0.800. The van der Waals surface area contributed by atoms with E-state index in [9.17, 15) is 14.4 Å². The van der Waals surface area contributed by atoms with Crippen LogP contribution < -0.4 is 5.32 Å². The predicted octanol–water partition coefficient (Wildman–Crippen LogP) is 2.00. The lowest BCUT2D eigenvalue weighted by molar-refractivity contribution is -0.149. The first-order valence-corrected chi connectivity index (χ1v) is 8.78. The number of benzene rings is 1. The maximum atomic E-state index is 12.7. The van der Waals surface area contributed by atoms with Crippen LogP contribution in [0.25, 0.3) is 0 Å². The van der Waals surface area contributed by atoms with Gasteiger partial charge in [-0.1, -0.05) is 32.0 Å². The van der Waals surface area contributed by atoms with Gasteiger partial charge in [-0.2, -0.15) is 0 Å². The Bertz CT molecular complexity index is 615. The fraction of sp³-hybridized carbons (Fsp3) is 0.526. The molecule has 136 valence electrons. The fourth-order valence-electron chi connectivity index (χ4n) is 3.01. The Hall–Kier alpha value is -2.37. The van der Waals surface area contributed by atoms with Gasteiger partial charge in [-0.05, 0) is 37.8 Å². The third-order valence-electron chi connectivity index (χ3n) is 4.34. The molecular formula is C19H26N2O4. The Morgan fingerprint density at radius 2 is 1.92 bits per heavy atom. The number of carbonyl (C=O) groups is 3. The van der Waals surface area contributed by atoms with E-state index < -0.39 is 18.1 Å². The summed E-state index contributed by atoms with van der Waals surface area (Å²) in [7, 11) is 0. The van der Waals surface area contributed by atoms with E-state index >= 15 is 0 Å². The average molecular weight is 346 g/mol. The standard InChI is InChI=1S/C19H26N2O4/c1-4-25-19(24)16(13(2)3)20-17(22)15-11-8-12-21(15)18(23)14-9-6-5-7-10-14/h5-7,9-10,13,15-16H,4,8,11-12H2,1-3H3,(H,20,22). The van der Waals surface area contributed by atoms with Crippen LogP contribution in [-0.2, 0) is 14.3 Å². The average Bonchev–Trinajstić information content (AvgIpc) is 3.09. The van der Waals surface area contributed by atoms with Crippen molar-refractivity contribution in [2.24, 2.45) is 5.92 Å². The maximum Gasteiger partial charge on any atom is 0.328 e. The minimum absolute atomic E-state index is 0.0947. The van der Waals surface area contributed by atoms with Gasteiger partial charge in [-0.15, -0.1) is 0 Å². The molecule has 2 amide bonds. The molecule has 0 bridgehead atoms. The molecule has 2 rings (SSSR count). The largest absolute Gasteiger partial charge is 0.464 e. The molecule has 6 heteroatoms. The predicted molar refractivity (Wildman–Crippen MR) is 93.9 cm³/mol. The Balaban J connectivity index is 2.09. The van der Waals surface area contributed by atoms with Gasteiger partial charge in [0.2, 0.25) is 5.91 Å². The topological polar surface area (TPSA) is 75.7 Å². The van der Waals surface area contributed by atoms with Gasteiger partial charge in [-0.3, -0.25) is 9.59 Å². The number of esters is 1. The highest BCUT2D eigenvalue weighted by Gasteiger charge is 2.37. The van der Waals surface area contributed by atoms with Gasteiger partial charge in [0.25, 0.3) is 5.91 Å². The van der Waals surface area contributed by atoms with Crippen molar-refractivity contribution < 1.29 is 19.1 Å². The van der Waals surface area contributed by atoms with Crippen molar-refractivity contribution in [1.82, 2.24) is 10.2 Å². The lowest BCUT2D eigenvalue weighted by Gasteiger charge is -2.27. The van der Waals surface area contributed by atoms with Gasteiger partial charge in [0.15, 0.2) is 0 Å². The zero-order valence-corrected chi connectivity index (χ0v) is 15.0. The van der Waals surface area contributed by atoms with E-state index in [0.29, 0.717) is 18.5 Å². The highest BCUT2D eigenvalue weighted by molar-refractivity contribution is 5.98. The minimum atomic E-state index is -0.707. The van der Waals surface area contributed by atoms with Crippen LogP contribution in [0.5, 0.6) is 0 Å². The molecule has 25 heavy (non-hydrogen) atoms. The molecule has 1 aromatic carbocycles. The molecular weight excluding hydrogens is 320 g/mol. The van der Waals surface area contributed by atoms with Crippen LogP contribution in [0.2, 0.25) is 0 Å². The summed E-state index contributed by atoms with van der Waals surface area (Å²) < 4.78 is 5.04. The molecule has 2 atom stereocenters. The minimum Gasteiger partial charge on any atom is -0.464 e. The third-order valence-corrected chi connectivity index (χ3v) is 4.34. The third kappa shape index (κ3) is 4.59. The van der Waals surface area contributed by atoms with Crippen molar-refractivity contribution in [2.75, 3.05) is 13.2 Å². The van der Waals surface area contributed by atoms with E-state index in [-0.39, 0.29) is 24.3 Å². The molecule has 6 nitrogen and oxygen atoms in total. The molecule has 1 aromatic rings. The summed E-state index contributed by atoms with van der Waals surface area (Å²) in [5.74, 6) is -0.989. The summed E-state index contributed by atoms with van der Waals surface area (Å²) in [4.78, 5) is 39.0. The monoisotopic (exact) mass is 346 g/mol. The second-order valence-electron chi connectivity index (χ2n) is 6.50. The summed E-state index contributed by atoms with van der Waals surface area (Å²) in [5.41, 5.74) is 0.563. The van der Waals surface area contributed by atoms with Gasteiger partial charge in [-0.25, -0.2) is 4.79 Å². The number of amides is 2. The fourth-order valence-corrected chi connectivity index (χ4v) is 3.01. The van der Waals surface area contributed by atoms with E-state index in [1.54, 1.807) is 36.1 Å². The SMILES string of the molecule is CCOC(=O)C(NC(=O)C1CCCN1C(=O)c1ccccc1)C(C)C. The van der Waals surface area contributed by atoms with Crippen molar-refractivity contribution in [3.8, 4) is 0 Å². The number of hydrogen-bond acceptors (Lipinski definition) is 4. The van der Waals surface area contributed by atoms with Crippen LogP contribution in [0.4, 0.5) is 0 Å². The smallest absolute Gasteiger partial charge is 0.328 e. The van der Waals surface area contributed by atoms with Gasteiger partial charge in [0.05, 0.1) is 6.61 Å². The van der Waals surface area contributed by atoms with E-state index in [1.807, 2.05) is 19.9 Å². The van der Waals surface area contributed by atoms with E-state index in [0.717, 1.165) is 6.42 Å². The normalized spacial score (nSPS) is 18.1. The van der Waals surface area contributed by atoms with Crippen LogP contribution in [0.1, 0.15) is 44.0 Å². The number of nitrogens with zero attached hydrogens (tertiary/aromatic N) is 1. The van der Waals surface area contributed by atoms with Crippen LogP contribution in [0.15, 0.2) is 30.3 Å². The van der Waals surface area contributed by atoms with Gasteiger partial charge in [0.1, 0.15) is 12.1 Å². The number of nitrogens with one attached hydrogen (secondary N) is 1. The second-order valence-corrected chi connectivity index (χ2v) is 6.50. The zero-order valence-electron chi connectivity index (χ0n) is 15.0. The maximum absolute atomic E-state index is 12.7. The first kappa shape index (κ1) is 19.0. The highest BCUT2D eigenvalue weighted by atomic mass is 16.5. The highest BCUT2D eigenvalue weighted by Crippen LogP contribution is 2.21. The number of hydrogen-bond donors (Lipinski definition) is 1. The number of ether oxygens (including phenoxy) is 1. The first-order chi connectivity index (χ1) is 12.0. The molecule has 0 spiro atoms. The van der Waals surface area contributed by atoms with Gasteiger partial charge in [0, 0.05) is 12.1 Å². The summed E-state index contributed by atoms with van der Waals surface area (Å²) in [5, 5.41) is 2.77. The Labute approximate surface area is 148 Å². The molecule has 1 aliphatic rings. The van der Waals surface area contributed by atoms with E-state index in [4.69, 9.17) is 4.74 Å². The molecule has 1 aliphatic heterocycles. The molecule has 1 fully saturated rings. The molecule has 1 heterocycles. The summed E-state index contributed by atoms with van der Waals surface area (Å²) in [6.07, 6.45) is 1.36. The molecule has 0 aromatic heterocycles. The first-order valence-electron chi connectivity index (χ1n) is 8.78. The van der Waals surface area contributed by atoms with E-state index in [1.165, 1.54) is 0 Å². The van der Waals surface area contributed by atoms with Crippen LogP contribution in [0.3, 0.4) is 0 Å². The summed E-state index contributed by atoms with van der Waals surface area (Å²) in [6.45, 7) is 6.23. The van der Waals surface area contributed by atoms with Crippen molar-refractivity contribution in [2.45, 2.75) is 45.7 Å². The molecule has 0 aliphatic carbocycles. The summed E-state index contributed by atoms with van der Waals surface area (Å²) in [6, 6.07) is 7.67. The second kappa shape index (κ2) is 8.65. The van der Waals surface area contributed by atoms with E-state index in [2.05, 4.69) is 5.32 Å². The molecule has 1 N–H and O–H groups in total. The van der Waals surface area contributed by atoms with Crippen LogP contribution >= 0.6 is 0 Å². The lowest BCUT2D eigenvalue weighted by atomic mass is 10.0. The van der Waals surface area contributed by atoms with Crippen molar-refractivity contribution in [3.63, 3.8) is 0 Å². The van der Waals surface area contributed by atoms with Gasteiger partial charge >= 0.3 is 5.97 Å². The summed E-state index contributed by atoms with van der Waals surface area (Å²) >= 11 is 0. The van der Waals surface area contributed by atoms with Crippen molar-refractivity contribution >= 4 is 17.8 Å². The molecule has 0 radical (unpaired) electrons. The van der Waals surface area contributed by atoms with Crippen LogP contribution in [-0.4, -0.2) is 47.9 Å². The van der Waals surface area contributed by atoms with Crippen molar-refractivity contribution in [3.05, 3.63) is 35.9 Å². The Morgan fingerprint density at radius 1 is 1.24 bits per heavy atom. The molecule has 0 saturated carbocycles. The number of likely N-dealkylation sites (tertiary alicyclic amines) is 1. The lowest BCUT2D eigenvalue weighted by Crippen LogP contribution is -2.52. The number of carbonyl (C=O) groups excluding carboxylic acids is 3. The van der Waals surface area contributed by atoms with Crippen LogP contribution in [0, 0.1) is 5.92 Å². The Kier molecular flexibility index (Phi) is 6.56. The Morgan fingerprint density at radius 3 is 2.52 bits per heavy atom. The van der Waals surface area contributed by atoms with Crippen molar-refractivity contribution in [1.29, 1.82) is 0 Å².